The summed E-state index contributed by atoms with van der Waals surface area (Å²) in [6, 6.07) is 9.44. The van der Waals surface area contributed by atoms with Crippen LogP contribution in [0.1, 0.15) is 23.0 Å². The molecule has 0 aliphatic rings. The van der Waals surface area contributed by atoms with E-state index in [1.807, 2.05) is 0 Å². The second kappa shape index (κ2) is 7.31. The molecule has 0 saturated carbocycles. The van der Waals surface area contributed by atoms with Crippen molar-refractivity contribution in [3.05, 3.63) is 54.0 Å². The summed E-state index contributed by atoms with van der Waals surface area (Å²) in [5, 5.41) is 2.59. The largest absolute Gasteiger partial charge is 0.467 e. The second-order valence-corrected chi connectivity index (χ2v) is 7.14. The average Bonchev–Trinajstić information content (AvgIpc) is 3.03. The van der Waals surface area contributed by atoms with E-state index in [1.54, 1.807) is 12.1 Å². The Balaban J connectivity index is 2.11. The molecule has 7 nitrogen and oxygen atoms in total. The molecule has 2 rings (SSSR count). The first kappa shape index (κ1) is 17.7. The number of furan rings is 1. The van der Waals surface area contributed by atoms with E-state index in [4.69, 9.17) is 4.42 Å². The molecule has 0 radical (unpaired) electrons. The average molecular weight is 350 g/mol. The van der Waals surface area contributed by atoms with Crippen molar-refractivity contribution in [1.82, 2.24) is 5.32 Å². The zero-order valence-corrected chi connectivity index (χ0v) is 14.2. The summed E-state index contributed by atoms with van der Waals surface area (Å²) < 4.78 is 30.0. The predicted molar refractivity (Wildman–Crippen MR) is 89.2 cm³/mol. The lowest BCUT2D eigenvalue weighted by Gasteiger charge is -2.22. The van der Waals surface area contributed by atoms with Gasteiger partial charge in [-0.05, 0) is 43.3 Å². The summed E-state index contributed by atoms with van der Waals surface area (Å²) in [5.41, 5.74) is 0.783. The number of amides is 1. The van der Waals surface area contributed by atoms with Crippen LogP contribution in [0.3, 0.4) is 0 Å². The van der Waals surface area contributed by atoms with Gasteiger partial charge in [-0.3, -0.25) is 13.9 Å². The van der Waals surface area contributed by atoms with Gasteiger partial charge in [0.05, 0.1) is 24.8 Å². The summed E-state index contributed by atoms with van der Waals surface area (Å²) in [6.07, 6.45) is 2.51. The molecule has 0 spiro atoms. The lowest BCUT2D eigenvalue weighted by Crippen LogP contribution is -2.40. The van der Waals surface area contributed by atoms with Gasteiger partial charge < -0.3 is 9.73 Å². The summed E-state index contributed by atoms with van der Waals surface area (Å²) >= 11 is 0. The standard InChI is InChI=1S/C16H18N2O5S/c1-12(19)13-5-7-14(8-6-13)18(24(2,21)22)11-16(20)17-10-15-4-3-9-23-15/h3-9H,10-11H2,1-2H3,(H,17,20). The van der Waals surface area contributed by atoms with Crippen LogP contribution in [-0.2, 0) is 21.4 Å². The molecule has 0 saturated heterocycles. The Morgan fingerprint density at radius 1 is 1.17 bits per heavy atom. The van der Waals surface area contributed by atoms with Gasteiger partial charge in [-0.1, -0.05) is 0 Å². The number of anilines is 1. The van der Waals surface area contributed by atoms with Crippen LogP contribution < -0.4 is 9.62 Å². The van der Waals surface area contributed by atoms with E-state index in [1.165, 1.54) is 37.5 Å². The smallest absolute Gasteiger partial charge is 0.241 e. The van der Waals surface area contributed by atoms with Gasteiger partial charge in [0, 0.05) is 5.56 Å². The second-order valence-electron chi connectivity index (χ2n) is 5.23. The monoisotopic (exact) mass is 350 g/mol. The van der Waals surface area contributed by atoms with E-state index in [9.17, 15) is 18.0 Å². The molecule has 0 fully saturated rings. The first-order chi connectivity index (χ1) is 11.3. The van der Waals surface area contributed by atoms with Crippen molar-refractivity contribution in [2.45, 2.75) is 13.5 Å². The molecule has 24 heavy (non-hydrogen) atoms. The van der Waals surface area contributed by atoms with Crippen molar-refractivity contribution in [2.24, 2.45) is 0 Å². The van der Waals surface area contributed by atoms with Crippen molar-refractivity contribution in [3.8, 4) is 0 Å². The molecule has 0 unspecified atom stereocenters. The van der Waals surface area contributed by atoms with Crippen molar-refractivity contribution < 1.29 is 22.4 Å². The zero-order valence-electron chi connectivity index (χ0n) is 13.4. The van der Waals surface area contributed by atoms with Crippen molar-refractivity contribution in [3.63, 3.8) is 0 Å². The molecule has 128 valence electrons. The van der Waals surface area contributed by atoms with Crippen LogP contribution in [0.4, 0.5) is 5.69 Å². The van der Waals surface area contributed by atoms with Crippen LogP contribution in [0.25, 0.3) is 0 Å². The third kappa shape index (κ3) is 4.69. The first-order valence-corrected chi connectivity index (χ1v) is 9.00. The lowest BCUT2D eigenvalue weighted by molar-refractivity contribution is -0.119. The number of rotatable bonds is 7. The molecule has 1 heterocycles. The Labute approximate surface area is 140 Å². The molecule has 0 aliphatic carbocycles. The third-order valence-electron chi connectivity index (χ3n) is 3.29. The fourth-order valence-corrected chi connectivity index (χ4v) is 2.90. The van der Waals surface area contributed by atoms with E-state index in [0.717, 1.165) is 10.6 Å². The van der Waals surface area contributed by atoms with Gasteiger partial charge in [0.1, 0.15) is 12.3 Å². The van der Waals surface area contributed by atoms with Gasteiger partial charge in [-0.2, -0.15) is 0 Å². The predicted octanol–water partition coefficient (Wildman–Crippen LogP) is 1.56. The van der Waals surface area contributed by atoms with Crippen LogP contribution in [-0.4, -0.2) is 32.9 Å². The number of sulfonamides is 1. The Kier molecular flexibility index (Phi) is 5.40. The molecule has 1 N–H and O–H groups in total. The number of hydrogen-bond acceptors (Lipinski definition) is 5. The normalized spacial score (nSPS) is 11.1. The zero-order chi connectivity index (χ0) is 17.7. The Bertz CT molecular complexity index is 811. The van der Waals surface area contributed by atoms with Gasteiger partial charge in [0.2, 0.25) is 15.9 Å². The number of nitrogens with one attached hydrogen (secondary N) is 1. The quantitative estimate of drug-likeness (QED) is 0.765. The van der Waals surface area contributed by atoms with Crippen LogP contribution >= 0.6 is 0 Å². The SMILES string of the molecule is CC(=O)c1ccc(N(CC(=O)NCc2ccco2)S(C)(=O)=O)cc1. The Morgan fingerprint density at radius 2 is 1.83 bits per heavy atom. The molecule has 8 heteroatoms. The molecule has 0 bridgehead atoms. The van der Waals surface area contributed by atoms with Crippen LogP contribution in [0, 0.1) is 0 Å². The fraction of sp³-hybridized carbons (Fsp3) is 0.250. The summed E-state index contributed by atoms with van der Waals surface area (Å²) in [7, 11) is -3.65. The summed E-state index contributed by atoms with van der Waals surface area (Å²) in [6.45, 7) is 1.23. The van der Waals surface area contributed by atoms with E-state index in [0.29, 0.717) is 17.0 Å². The minimum atomic E-state index is -3.65. The van der Waals surface area contributed by atoms with Crippen LogP contribution in [0.5, 0.6) is 0 Å². The van der Waals surface area contributed by atoms with Crippen LogP contribution in [0.15, 0.2) is 47.1 Å². The summed E-state index contributed by atoms with van der Waals surface area (Å²) in [5.74, 6) is -0.0174. The van der Waals surface area contributed by atoms with Gasteiger partial charge >= 0.3 is 0 Å². The number of ketones is 1. The van der Waals surface area contributed by atoms with Gasteiger partial charge in [-0.25, -0.2) is 8.42 Å². The molecule has 1 aromatic heterocycles. The minimum absolute atomic E-state index is 0.122. The molecule has 0 atom stereocenters. The van der Waals surface area contributed by atoms with Gasteiger partial charge in [0.15, 0.2) is 5.78 Å². The highest BCUT2D eigenvalue weighted by Crippen LogP contribution is 2.18. The Hall–Kier alpha value is -2.61. The van der Waals surface area contributed by atoms with Crippen molar-refractivity contribution >= 4 is 27.4 Å². The van der Waals surface area contributed by atoms with E-state index in [-0.39, 0.29) is 18.9 Å². The molecular weight excluding hydrogens is 332 g/mol. The highest BCUT2D eigenvalue weighted by molar-refractivity contribution is 7.92. The molecule has 0 aliphatic heterocycles. The van der Waals surface area contributed by atoms with Crippen molar-refractivity contribution in [2.75, 3.05) is 17.1 Å². The van der Waals surface area contributed by atoms with E-state index in [2.05, 4.69) is 5.32 Å². The molecule has 1 aromatic carbocycles. The summed E-state index contributed by atoms with van der Waals surface area (Å²) in [4.78, 5) is 23.3. The number of hydrogen-bond donors (Lipinski definition) is 1. The van der Waals surface area contributed by atoms with Gasteiger partial charge in [-0.15, -0.1) is 0 Å². The van der Waals surface area contributed by atoms with Crippen LogP contribution in [0.2, 0.25) is 0 Å². The number of nitrogens with zero attached hydrogens (tertiary/aromatic N) is 1. The maximum Gasteiger partial charge on any atom is 0.241 e. The number of Topliss-reactive ketones (excluding diaryl/α,β-unsaturated/α-hetero) is 1. The number of benzene rings is 1. The Morgan fingerprint density at radius 3 is 2.33 bits per heavy atom. The maximum absolute atomic E-state index is 12.0. The first-order valence-electron chi connectivity index (χ1n) is 7.15. The highest BCUT2D eigenvalue weighted by atomic mass is 32.2. The third-order valence-corrected chi connectivity index (χ3v) is 4.43. The van der Waals surface area contributed by atoms with Gasteiger partial charge in [0.25, 0.3) is 0 Å². The van der Waals surface area contributed by atoms with Crippen molar-refractivity contribution in [1.29, 1.82) is 0 Å². The van der Waals surface area contributed by atoms with E-state index >= 15 is 0 Å². The number of carbonyl (C=O) groups is 2. The molecular formula is C16H18N2O5S. The van der Waals surface area contributed by atoms with E-state index < -0.39 is 15.9 Å². The topological polar surface area (TPSA) is 96.7 Å². The highest BCUT2D eigenvalue weighted by Gasteiger charge is 2.21. The number of carbonyl (C=O) groups excluding carboxylic acids is 2. The molecule has 1 amide bonds. The maximum atomic E-state index is 12.0. The minimum Gasteiger partial charge on any atom is -0.467 e. The molecule has 2 aromatic rings. The fourth-order valence-electron chi connectivity index (χ4n) is 2.05. The lowest BCUT2D eigenvalue weighted by atomic mass is 10.1.